The molecule has 0 aliphatic carbocycles. The van der Waals surface area contributed by atoms with E-state index in [2.05, 4.69) is 17.1 Å². The van der Waals surface area contributed by atoms with Crippen LogP contribution in [0.25, 0.3) is 11.0 Å². The van der Waals surface area contributed by atoms with Crippen LogP contribution in [0.3, 0.4) is 0 Å². The molecular formula is C14H17FN2O. The molecule has 0 amide bonds. The molecule has 1 atom stereocenters. The molecule has 3 rings (SSSR count). The average molecular weight is 248 g/mol. The van der Waals surface area contributed by atoms with Crippen LogP contribution < -0.4 is 10.2 Å². The molecule has 1 aliphatic rings. The standard InChI is InChI=1S/C14H17FN2O/c1-2-12-9-17(5-4-16-12)13-8-11(15)7-10-3-6-18-14(10)13/h3,6-8,12,16H,2,4-5,9H2,1H3. The summed E-state index contributed by atoms with van der Waals surface area (Å²) in [4.78, 5) is 2.21. The van der Waals surface area contributed by atoms with E-state index in [1.54, 1.807) is 18.4 Å². The Hall–Kier alpha value is -1.55. The quantitative estimate of drug-likeness (QED) is 0.885. The van der Waals surface area contributed by atoms with E-state index in [-0.39, 0.29) is 5.82 Å². The van der Waals surface area contributed by atoms with E-state index in [9.17, 15) is 4.39 Å². The molecule has 1 N–H and O–H groups in total. The van der Waals surface area contributed by atoms with Crippen molar-refractivity contribution < 1.29 is 8.81 Å². The van der Waals surface area contributed by atoms with Crippen LogP contribution in [0.15, 0.2) is 28.9 Å². The van der Waals surface area contributed by atoms with Crippen LogP contribution in [0.2, 0.25) is 0 Å². The third-order valence-electron chi connectivity index (χ3n) is 3.59. The molecule has 3 nitrogen and oxygen atoms in total. The minimum atomic E-state index is -0.203. The lowest BCUT2D eigenvalue weighted by Crippen LogP contribution is -2.50. The lowest BCUT2D eigenvalue weighted by atomic mass is 10.1. The maximum absolute atomic E-state index is 13.6. The van der Waals surface area contributed by atoms with Gasteiger partial charge >= 0.3 is 0 Å². The molecule has 1 aromatic carbocycles. The SMILES string of the molecule is CCC1CN(c2cc(F)cc3ccoc23)CCN1. The zero-order chi connectivity index (χ0) is 12.5. The van der Waals surface area contributed by atoms with Crippen LogP contribution in [0.1, 0.15) is 13.3 Å². The first kappa shape index (κ1) is 11.5. The Labute approximate surface area is 106 Å². The molecule has 0 spiro atoms. The van der Waals surface area contributed by atoms with E-state index in [0.29, 0.717) is 6.04 Å². The van der Waals surface area contributed by atoms with Gasteiger partial charge in [0.05, 0.1) is 12.0 Å². The van der Waals surface area contributed by atoms with Crippen molar-refractivity contribution in [2.75, 3.05) is 24.5 Å². The number of halogens is 1. The van der Waals surface area contributed by atoms with E-state index < -0.39 is 0 Å². The van der Waals surface area contributed by atoms with Gasteiger partial charge in [-0.2, -0.15) is 0 Å². The van der Waals surface area contributed by atoms with Gasteiger partial charge in [0.15, 0.2) is 5.58 Å². The van der Waals surface area contributed by atoms with E-state index >= 15 is 0 Å². The molecule has 1 unspecified atom stereocenters. The van der Waals surface area contributed by atoms with Gasteiger partial charge in [0.25, 0.3) is 0 Å². The highest BCUT2D eigenvalue weighted by molar-refractivity contribution is 5.89. The summed E-state index contributed by atoms with van der Waals surface area (Å²) in [6, 6.07) is 5.36. The number of piperazine rings is 1. The Balaban J connectivity index is 2.00. The topological polar surface area (TPSA) is 28.4 Å². The van der Waals surface area contributed by atoms with Crippen molar-refractivity contribution in [3.63, 3.8) is 0 Å². The normalized spacial score (nSPS) is 20.6. The van der Waals surface area contributed by atoms with E-state index in [0.717, 1.165) is 42.7 Å². The summed E-state index contributed by atoms with van der Waals surface area (Å²) >= 11 is 0. The summed E-state index contributed by atoms with van der Waals surface area (Å²) in [6.45, 7) is 4.87. The average Bonchev–Trinajstić information content (AvgIpc) is 2.85. The lowest BCUT2D eigenvalue weighted by Gasteiger charge is -2.34. The first-order chi connectivity index (χ1) is 8.78. The predicted octanol–water partition coefficient (Wildman–Crippen LogP) is 2.76. The number of fused-ring (bicyclic) bond motifs is 1. The lowest BCUT2D eigenvalue weighted by molar-refractivity contribution is 0.446. The maximum Gasteiger partial charge on any atom is 0.157 e. The van der Waals surface area contributed by atoms with Gasteiger partial charge in [-0.3, -0.25) is 0 Å². The number of rotatable bonds is 2. The van der Waals surface area contributed by atoms with Crippen LogP contribution >= 0.6 is 0 Å². The van der Waals surface area contributed by atoms with Gasteiger partial charge in [0, 0.05) is 37.1 Å². The molecule has 0 bridgehead atoms. The van der Waals surface area contributed by atoms with Crippen molar-refractivity contribution >= 4 is 16.7 Å². The van der Waals surface area contributed by atoms with Gasteiger partial charge in [0.2, 0.25) is 0 Å². The van der Waals surface area contributed by atoms with Gasteiger partial charge in [-0.25, -0.2) is 4.39 Å². The second kappa shape index (κ2) is 4.61. The number of benzene rings is 1. The molecule has 1 aliphatic heterocycles. The van der Waals surface area contributed by atoms with Crippen LogP contribution in [-0.2, 0) is 0 Å². The summed E-state index contributed by atoms with van der Waals surface area (Å²) in [5.41, 5.74) is 1.66. The summed E-state index contributed by atoms with van der Waals surface area (Å²) in [5.74, 6) is -0.203. The number of furan rings is 1. The highest BCUT2D eigenvalue weighted by atomic mass is 19.1. The van der Waals surface area contributed by atoms with Crippen molar-refractivity contribution in [1.29, 1.82) is 0 Å². The molecule has 2 heterocycles. The van der Waals surface area contributed by atoms with Crippen molar-refractivity contribution in [3.8, 4) is 0 Å². The van der Waals surface area contributed by atoms with Gasteiger partial charge < -0.3 is 14.6 Å². The molecule has 2 aromatic rings. The highest BCUT2D eigenvalue weighted by Crippen LogP contribution is 2.30. The number of hydrogen-bond acceptors (Lipinski definition) is 3. The summed E-state index contributed by atoms with van der Waals surface area (Å²) in [6.07, 6.45) is 2.69. The van der Waals surface area contributed by atoms with Crippen molar-refractivity contribution in [3.05, 3.63) is 30.3 Å². The maximum atomic E-state index is 13.6. The second-order valence-corrected chi connectivity index (χ2v) is 4.77. The van der Waals surface area contributed by atoms with Crippen LogP contribution in [0, 0.1) is 5.82 Å². The van der Waals surface area contributed by atoms with E-state index in [1.807, 2.05) is 0 Å². The van der Waals surface area contributed by atoms with Crippen molar-refractivity contribution in [2.45, 2.75) is 19.4 Å². The Bertz CT molecular complexity index is 552. The fourth-order valence-corrected chi connectivity index (χ4v) is 2.58. The molecule has 4 heteroatoms. The first-order valence-electron chi connectivity index (χ1n) is 6.43. The van der Waals surface area contributed by atoms with Crippen molar-refractivity contribution in [1.82, 2.24) is 5.32 Å². The minimum absolute atomic E-state index is 0.203. The summed E-state index contributed by atoms with van der Waals surface area (Å²) in [5, 5.41) is 4.29. The van der Waals surface area contributed by atoms with Gasteiger partial charge in [-0.1, -0.05) is 6.92 Å². The molecule has 1 aromatic heterocycles. The first-order valence-corrected chi connectivity index (χ1v) is 6.43. The Morgan fingerprint density at radius 2 is 2.39 bits per heavy atom. The molecule has 96 valence electrons. The number of anilines is 1. The van der Waals surface area contributed by atoms with Crippen LogP contribution in [-0.4, -0.2) is 25.7 Å². The molecule has 1 saturated heterocycles. The summed E-state index contributed by atoms with van der Waals surface area (Å²) < 4.78 is 19.1. The second-order valence-electron chi connectivity index (χ2n) is 4.77. The van der Waals surface area contributed by atoms with Crippen LogP contribution in [0.4, 0.5) is 10.1 Å². The Morgan fingerprint density at radius 1 is 1.50 bits per heavy atom. The van der Waals surface area contributed by atoms with Gasteiger partial charge in [-0.05, 0) is 18.6 Å². The Kier molecular flexibility index (Phi) is 2.96. The van der Waals surface area contributed by atoms with E-state index in [4.69, 9.17) is 4.42 Å². The Morgan fingerprint density at radius 3 is 3.22 bits per heavy atom. The van der Waals surface area contributed by atoms with Crippen molar-refractivity contribution in [2.24, 2.45) is 0 Å². The molecule has 0 saturated carbocycles. The third kappa shape index (κ3) is 1.97. The fourth-order valence-electron chi connectivity index (χ4n) is 2.58. The van der Waals surface area contributed by atoms with E-state index in [1.165, 1.54) is 6.07 Å². The van der Waals surface area contributed by atoms with Gasteiger partial charge in [0.1, 0.15) is 5.82 Å². The molecule has 0 radical (unpaired) electrons. The van der Waals surface area contributed by atoms with Gasteiger partial charge in [-0.15, -0.1) is 0 Å². The monoisotopic (exact) mass is 248 g/mol. The number of hydrogen-bond donors (Lipinski definition) is 1. The smallest absolute Gasteiger partial charge is 0.157 e. The van der Waals surface area contributed by atoms with Crippen LogP contribution in [0.5, 0.6) is 0 Å². The minimum Gasteiger partial charge on any atom is -0.462 e. The highest BCUT2D eigenvalue weighted by Gasteiger charge is 2.21. The largest absolute Gasteiger partial charge is 0.462 e. The fraction of sp³-hybridized carbons (Fsp3) is 0.429. The molecule has 1 fully saturated rings. The summed E-state index contributed by atoms with van der Waals surface area (Å²) in [7, 11) is 0. The molecule has 18 heavy (non-hydrogen) atoms. The predicted molar refractivity (Wildman–Crippen MR) is 70.5 cm³/mol. The number of nitrogens with zero attached hydrogens (tertiary/aromatic N) is 1. The zero-order valence-electron chi connectivity index (χ0n) is 10.4. The number of nitrogens with one attached hydrogen (secondary N) is 1. The third-order valence-corrected chi connectivity index (χ3v) is 3.59. The zero-order valence-corrected chi connectivity index (χ0v) is 10.4. The molecular weight excluding hydrogens is 231 g/mol.